The Morgan fingerprint density at radius 2 is 1.88 bits per heavy atom. The van der Waals surface area contributed by atoms with Crippen molar-refractivity contribution in [2.45, 2.75) is 13.0 Å². The molecule has 25 heavy (non-hydrogen) atoms. The van der Waals surface area contributed by atoms with E-state index >= 15 is 0 Å². The maximum Gasteiger partial charge on any atom is 0.337 e. The van der Waals surface area contributed by atoms with Gasteiger partial charge in [-0.2, -0.15) is 0 Å². The van der Waals surface area contributed by atoms with Crippen LogP contribution in [0.25, 0.3) is 0 Å². The van der Waals surface area contributed by atoms with Crippen LogP contribution in [-0.4, -0.2) is 32.7 Å². The lowest BCUT2D eigenvalue weighted by Crippen LogP contribution is -2.27. The van der Waals surface area contributed by atoms with Gasteiger partial charge in [0.1, 0.15) is 0 Å². The number of methoxy groups -OCH3 is 1. The summed E-state index contributed by atoms with van der Waals surface area (Å²) in [5.74, 6) is -0.439. The third kappa shape index (κ3) is 5.52. The molecular weight excluding hydrogens is 385 g/mol. The summed E-state index contributed by atoms with van der Waals surface area (Å²) < 4.78 is 28.9. The zero-order chi connectivity index (χ0) is 18.4. The Labute approximate surface area is 158 Å². The highest BCUT2D eigenvalue weighted by Gasteiger charge is 2.11. The van der Waals surface area contributed by atoms with Crippen LogP contribution in [0.1, 0.15) is 21.5 Å². The van der Waals surface area contributed by atoms with Gasteiger partial charge in [-0.1, -0.05) is 47.5 Å². The van der Waals surface area contributed by atoms with E-state index in [0.717, 1.165) is 11.1 Å². The van der Waals surface area contributed by atoms with Crippen molar-refractivity contribution in [2.75, 3.05) is 13.7 Å². The molecule has 0 bridgehead atoms. The van der Waals surface area contributed by atoms with Crippen LogP contribution in [0.15, 0.2) is 42.5 Å². The Morgan fingerprint density at radius 1 is 1.20 bits per heavy atom. The average Bonchev–Trinajstić information content (AvgIpc) is 2.61. The molecule has 0 radical (unpaired) electrons. The van der Waals surface area contributed by atoms with E-state index in [9.17, 15) is 13.6 Å². The molecule has 0 saturated heterocycles. The number of carbonyl (C=O) groups is 1. The molecule has 1 atom stereocenters. The van der Waals surface area contributed by atoms with E-state index in [1.165, 1.54) is 11.4 Å². The lowest BCUT2D eigenvalue weighted by Gasteiger charge is -2.24. The Bertz CT molecular complexity index is 768. The number of halogens is 2. The van der Waals surface area contributed by atoms with Crippen LogP contribution in [0.5, 0.6) is 0 Å². The summed E-state index contributed by atoms with van der Waals surface area (Å²) >= 11 is 9.71. The topological polar surface area (TPSA) is 69.7 Å². The van der Waals surface area contributed by atoms with Gasteiger partial charge >= 0.3 is 5.97 Å². The molecule has 0 amide bonds. The minimum absolute atomic E-state index is 0.190. The Morgan fingerprint density at radius 3 is 2.48 bits per heavy atom. The molecule has 0 aliphatic carbocycles. The normalized spacial score (nSPS) is 12.2. The maximum atomic E-state index is 11.5. The zero-order valence-electron chi connectivity index (χ0n) is 13.4. The maximum absolute atomic E-state index is 11.5. The van der Waals surface area contributed by atoms with Crippen molar-refractivity contribution in [3.05, 3.63) is 69.2 Å². The number of nitrogens with zero attached hydrogens (tertiary/aromatic N) is 1. The molecule has 8 heteroatoms. The van der Waals surface area contributed by atoms with E-state index in [1.807, 2.05) is 6.07 Å². The number of benzene rings is 2. The molecule has 0 N–H and O–H groups in total. The Kier molecular flexibility index (Phi) is 7.40. The van der Waals surface area contributed by atoms with E-state index in [0.29, 0.717) is 22.0 Å². The second kappa shape index (κ2) is 9.31. The van der Waals surface area contributed by atoms with Crippen LogP contribution in [-0.2, 0) is 29.0 Å². The molecule has 5 nitrogen and oxygen atoms in total. The van der Waals surface area contributed by atoms with Gasteiger partial charge < -0.3 is 9.29 Å². The predicted molar refractivity (Wildman–Crippen MR) is 97.3 cm³/mol. The van der Waals surface area contributed by atoms with E-state index in [-0.39, 0.29) is 13.1 Å². The van der Waals surface area contributed by atoms with E-state index in [4.69, 9.17) is 23.2 Å². The third-order valence-corrected chi connectivity index (χ3v) is 5.20. The van der Waals surface area contributed by atoms with Crippen molar-refractivity contribution in [2.24, 2.45) is 0 Å². The Hall–Kier alpha value is -1.44. The van der Waals surface area contributed by atoms with E-state index in [2.05, 4.69) is 4.74 Å². The van der Waals surface area contributed by atoms with E-state index in [1.54, 1.807) is 36.4 Å². The molecule has 0 aliphatic heterocycles. The summed E-state index contributed by atoms with van der Waals surface area (Å²) in [6.45, 7) is 0.449. The highest BCUT2D eigenvalue weighted by Crippen LogP contribution is 2.26. The quantitative estimate of drug-likeness (QED) is 0.525. The van der Waals surface area contributed by atoms with Gasteiger partial charge in [0.25, 0.3) is 0 Å². The highest BCUT2D eigenvalue weighted by molar-refractivity contribution is 7.76. The van der Waals surface area contributed by atoms with Crippen LogP contribution in [0.4, 0.5) is 0 Å². The standard InChI is InChI=1S/C17H17Cl2NO4S/c1-24-17(21)14-7-5-12(6-8-14)11-20(25(22)23)10-9-13-3-2-4-15(18)16(13)19/h2-8H,9-11H2,1H3,(H,22,23)/p-1. The first-order valence-electron chi connectivity index (χ1n) is 7.37. The van der Waals surface area contributed by atoms with Crippen molar-refractivity contribution in [1.29, 1.82) is 0 Å². The fourth-order valence-corrected chi connectivity index (χ4v) is 3.17. The molecule has 1 unspecified atom stereocenters. The summed E-state index contributed by atoms with van der Waals surface area (Å²) in [6.07, 6.45) is 0.438. The van der Waals surface area contributed by atoms with Crippen molar-refractivity contribution < 1.29 is 18.3 Å². The first-order valence-corrected chi connectivity index (χ1v) is 9.15. The number of rotatable bonds is 7. The summed E-state index contributed by atoms with van der Waals surface area (Å²) in [5, 5.41) is 0.871. The summed E-state index contributed by atoms with van der Waals surface area (Å²) in [5.41, 5.74) is 1.95. The van der Waals surface area contributed by atoms with Gasteiger partial charge in [0.15, 0.2) is 0 Å². The fourth-order valence-electron chi connectivity index (χ4n) is 2.26. The number of carbonyl (C=O) groups excluding carboxylic acids is 1. The second-order valence-electron chi connectivity index (χ2n) is 5.23. The average molecular weight is 401 g/mol. The molecule has 0 spiro atoms. The molecule has 134 valence electrons. The van der Waals surface area contributed by atoms with Crippen molar-refractivity contribution in [3.63, 3.8) is 0 Å². The molecule has 0 aromatic heterocycles. The molecule has 0 saturated carbocycles. The van der Waals surface area contributed by atoms with Gasteiger partial charge in [0, 0.05) is 24.4 Å². The van der Waals surface area contributed by atoms with Crippen molar-refractivity contribution in [1.82, 2.24) is 4.31 Å². The largest absolute Gasteiger partial charge is 0.760 e. The molecule has 0 heterocycles. The monoisotopic (exact) mass is 400 g/mol. The van der Waals surface area contributed by atoms with Crippen LogP contribution >= 0.6 is 23.2 Å². The zero-order valence-corrected chi connectivity index (χ0v) is 15.7. The molecule has 2 aromatic carbocycles. The van der Waals surface area contributed by atoms with Crippen molar-refractivity contribution in [3.8, 4) is 0 Å². The molecular formula is C17H16Cl2NO4S-. The van der Waals surface area contributed by atoms with Gasteiger partial charge in [-0.3, -0.25) is 4.21 Å². The minimum Gasteiger partial charge on any atom is -0.760 e. The third-order valence-electron chi connectivity index (χ3n) is 3.61. The van der Waals surface area contributed by atoms with Gasteiger partial charge in [-0.05, 0) is 35.7 Å². The van der Waals surface area contributed by atoms with Gasteiger partial charge in [0.05, 0.1) is 22.7 Å². The van der Waals surface area contributed by atoms with Crippen LogP contribution in [0, 0.1) is 0 Å². The lowest BCUT2D eigenvalue weighted by atomic mass is 10.1. The second-order valence-corrected chi connectivity index (χ2v) is 6.97. The first-order chi connectivity index (χ1) is 11.9. The van der Waals surface area contributed by atoms with Gasteiger partial charge in [-0.15, -0.1) is 0 Å². The first kappa shape index (κ1) is 19.9. The molecule has 0 fully saturated rings. The number of ether oxygens (including phenoxy) is 1. The van der Waals surface area contributed by atoms with Gasteiger partial charge in [0.2, 0.25) is 0 Å². The van der Waals surface area contributed by atoms with E-state index < -0.39 is 17.2 Å². The summed E-state index contributed by atoms with van der Waals surface area (Å²) in [7, 11) is 1.31. The Balaban J connectivity index is 2.04. The number of esters is 1. The number of hydrogen-bond donors (Lipinski definition) is 0. The number of hydrogen-bond acceptors (Lipinski definition) is 4. The molecule has 2 rings (SSSR count). The summed E-state index contributed by atoms with van der Waals surface area (Å²) in [6, 6.07) is 11.8. The van der Waals surface area contributed by atoms with Crippen molar-refractivity contribution >= 4 is 40.4 Å². The molecule has 2 aromatic rings. The fraction of sp³-hybridized carbons (Fsp3) is 0.235. The van der Waals surface area contributed by atoms with Gasteiger partial charge in [-0.25, -0.2) is 9.10 Å². The van der Waals surface area contributed by atoms with Crippen LogP contribution < -0.4 is 0 Å². The molecule has 0 aliphatic rings. The van der Waals surface area contributed by atoms with Crippen LogP contribution in [0.3, 0.4) is 0 Å². The highest BCUT2D eigenvalue weighted by atomic mass is 35.5. The summed E-state index contributed by atoms with van der Waals surface area (Å²) in [4.78, 5) is 11.4. The predicted octanol–water partition coefficient (Wildman–Crippen LogP) is 3.62. The van der Waals surface area contributed by atoms with Crippen LogP contribution in [0.2, 0.25) is 10.0 Å². The SMILES string of the molecule is COC(=O)c1ccc(CN(CCc2cccc(Cl)c2Cl)S(=O)[O-])cc1. The lowest BCUT2D eigenvalue weighted by molar-refractivity contribution is 0.0600. The minimum atomic E-state index is -2.39. The smallest absolute Gasteiger partial charge is 0.337 e.